The summed E-state index contributed by atoms with van der Waals surface area (Å²) in [5, 5.41) is 0.237. The predicted octanol–water partition coefficient (Wildman–Crippen LogP) is 3.17. The van der Waals surface area contributed by atoms with E-state index in [0.717, 1.165) is 11.8 Å². The van der Waals surface area contributed by atoms with Gasteiger partial charge in [-0.2, -0.15) is 0 Å². The fourth-order valence-electron chi connectivity index (χ4n) is 2.46. The molecule has 84 valence electrons. The molecule has 0 radical (unpaired) electrons. The number of piperidine rings is 1. The Kier molecular flexibility index (Phi) is 4.39. The van der Waals surface area contributed by atoms with Gasteiger partial charge in [-0.25, -0.2) is 0 Å². The Hall–Kier alpha value is 0.820. The van der Waals surface area contributed by atoms with Gasteiger partial charge in [0.2, 0.25) is 0 Å². The first-order valence-electron chi connectivity index (χ1n) is 5.69. The Balaban J connectivity index is 2.65. The zero-order valence-electron chi connectivity index (χ0n) is 9.96. The lowest BCUT2D eigenvalue weighted by atomic mass is 9.86. The van der Waals surface area contributed by atoms with Crippen molar-refractivity contribution in [3.05, 3.63) is 0 Å². The monoisotopic (exact) mass is 233 g/mol. The Bertz CT molecular complexity index is 190. The van der Waals surface area contributed by atoms with Crippen molar-refractivity contribution >= 4 is 18.5 Å². The molecule has 1 nitrogen and oxygen atoms in total. The number of hydrogen-bond donors (Lipinski definition) is 0. The van der Waals surface area contributed by atoms with Gasteiger partial charge in [0, 0.05) is 11.1 Å². The molecule has 3 unspecified atom stereocenters. The molecule has 1 saturated heterocycles. The topological polar surface area (TPSA) is 3.24 Å². The molecule has 0 aromatic carbocycles. The molecule has 0 spiro atoms. The third-order valence-electron chi connectivity index (χ3n) is 3.43. The maximum Gasteiger partial charge on any atom is 0.0492 e. The van der Waals surface area contributed by atoms with Crippen molar-refractivity contribution in [1.82, 2.24) is 4.90 Å². The van der Waals surface area contributed by atoms with Crippen LogP contribution in [-0.4, -0.2) is 22.5 Å². The first kappa shape index (κ1) is 12.9. The van der Waals surface area contributed by atoms with E-state index in [0.29, 0.717) is 6.04 Å². The van der Waals surface area contributed by atoms with Gasteiger partial charge < -0.3 is 0 Å². The van der Waals surface area contributed by atoms with Crippen molar-refractivity contribution in [2.24, 2.45) is 11.8 Å². The molecule has 0 aromatic rings. The van der Waals surface area contributed by atoms with Gasteiger partial charge in [0.05, 0.1) is 0 Å². The van der Waals surface area contributed by atoms with E-state index < -0.39 is 0 Å². The van der Waals surface area contributed by atoms with E-state index in [1.807, 2.05) is 0 Å². The van der Waals surface area contributed by atoms with Crippen molar-refractivity contribution in [3.8, 4) is 0 Å². The molecule has 1 heterocycles. The highest BCUT2D eigenvalue weighted by Crippen LogP contribution is 2.45. The standard InChI is InChI=1S/C11H25NP2/c1-8(2)10-5-6-12(9(3)4)11(13,14)7-10/h8-10H,5-7,13-14H2,1-4H3. The molecule has 0 aromatic heterocycles. The lowest BCUT2D eigenvalue weighted by Crippen LogP contribution is -2.49. The molecular weight excluding hydrogens is 208 g/mol. The molecule has 14 heavy (non-hydrogen) atoms. The van der Waals surface area contributed by atoms with E-state index in [1.165, 1.54) is 19.4 Å². The van der Waals surface area contributed by atoms with Crippen molar-refractivity contribution in [1.29, 1.82) is 0 Å². The van der Waals surface area contributed by atoms with Crippen molar-refractivity contribution in [2.45, 2.75) is 51.6 Å². The first-order valence-corrected chi connectivity index (χ1v) is 6.84. The second-order valence-electron chi connectivity index (χ2n) is 5.28. The normalized spacial score (nSPS) is 28.7. The van der Waals surface area contributed by atoms with E-state index in [-0.39, 0.29) is 5.02 Å². The third kappa shape index (κ3) is 2.91. The van der Waals surface area contributed by atoms with Crippen LogP contribution in [0.1, 0.15) is 40.5 Å². The quantitative estimate of drug-likeness (QED) is 0.662. The first-order chi connectivity index (χ1) is 6.34. The summed E-state index contributed by atoms with van der Waals surface area (Å²) in [6, 6.07) is 0.651. The van der Waals surface area contributed by atoms with E-state index in [4.69, 9.17) is 0 Å². The van der Waals surface area contributed by atoms with Gasteiger partial charge >= 0.3 is 0 Å². The summed E-state index contributed by atoms with van der Waals surface area (Å²) in [6.07, 6.45) is 2.65. The Morgan fingerprint density at radius 3 is 2.14 bits per heavy atom. The SMILES string of the molecule is CC(C)C1CCN(C(C)C)C(P)(P)C1. The smallest absolute Gasteiger partial charge is 0.0492 e. The summed E-state index contributed by atoms with van der Waals surface area (Å²) >= 11 is 0. The highest BCUT2D eigenvalue weighted by molar-refractivity contribution is 7.39. The van der Waals surface area contributed by atoms with Crippen LogP contribution in [0.2, 0.25) is 0 Å². The Morgan fingerprint density at radius 2 is 1.79 bits per heavy atom. The van der Waals surface area contributed by atoms with E-state index in [2.05, 4.69) is 51.1 Å². The number of nitrogens with zero attached hydrogens (tertiary/aromatic N) is 1. The zero-order valence-corrected chi connectivity index (χ0v) is 12.3. The summed E-state index contributed by atoms with van der Waals surface area (Å²) in [7, 11) is 6.06. The largest absolute Gasteiger partial charge is 0.289 e. The van der Waals surface area contributed by atoms with Gasteiger partial charge in [-0.15, -0.1) is 18.5 Å². The van der Waals surface area contributed by atoms with Gasteiger partial charge in [-0.1, -0.05) is 13.8 Å². The molecule has 0 aliphatic carbocycles. The molecule has 3 heteroatoms. The minimum absolute atomic E-state index is 0.237. The van der Waals surface area contributed by atoms with Crippen LogP contribution in [0.15, 0.2) is 0 Å². The van der Waals surface area contributed by atoms with Gasteiger partial charge in [0.15, 0.2) is 0 Å². The van der Waals surface area contributed by atoms with Crippen LogP contribution in [0.25, 0.3) is 0 Å². The lowest BCUT2D eigenvalue weighted by molar-refractivity contribution is 0.0928. The maximum absolute atomic E-state index is 3.03. The van der Waals surface area contributed by atoms with E-state index in [9.17, 15) is 0 Å². The minimum atomic E-state index is 0.237. The van der Waals surface area contributed by atoms with Crippen molar-refractivity contribution in [3.63, 3.8) is 0 Å². The van der Waals surface area contributed by atoms with Crippen LogP contribution >= 0.6 is 18.5 Å². The minimum Gasteiger partial charge on any atom is -0.289 e. The van der Waals surface area contributed by atoms with E-state index in [1.54, 1.807) is 0 Å². The molecule has 3 atom stereocenters. The van der Waals surface area contributed by atoms with Gasteiger partial charge in [0.1, 0.15) is 0 Å². The molecule has 1 fully saturated rings. The van der Waals surface area contributed by atoms with Crippen molar-refractivity contribution < 1.29 is 0 Å². The second-order valence-corrected chi connectivity index (χ2v) is 7.94. The van der Waals surface area contributed by atoms with Gasteiger partial charge in [0.25, 0.3) is 0 Å². The highest BCUT2D eigenvalue weighted by Gasteiger charge is 2.37. The molecule has 0 saturated carbocycles. The van der Waals surface area contributed by atoms with E-state index >= 15 is 0 Å². The Labute approximate surface area is 93.8 Å². The van der Waals surface area contributed by atoms with Crippen LogP contribution in [0, 0.1) is 11.8 Å². The van der Waals surface area contributed by atoms with Crippen LogP contribution in [0.3, 0.4) is 0 Å². The molecule has 0 amide bonds. The summed E-state index contributed by atoms with van der Waals surface area (Å²) < 4.78 is 0. The molecule has 1 aliphatic rings. The van der Waals surface area contributed by atoms with Crippen LogP contribution in [0.4, 0.5) is 0 Å². The average molecular weight is 233 g/mol. The summed E-state index contributed by atoms with van der Waals surface area (Å²) in [4.78, 5) is 2.58. The summed E-state index contributed by atoms with van der Waals surface area (Å²) in [5.41, 5.74) is 0. The molecule has 1 rings (SSSR count). The van der Waals surface area contributed by atoms with Crippen LogP contribution in [0.5, 0.6) is 0 Å². The number of rotatable bonds is 2. The Morgan fingerprint density at radius 1 is 1.21 bits per heavy atom. The second kappa shape index (κ2) is 4.77. The lowest BCUT2D eigenvalue weighted by Gasteiger charge is -2.48. The fourth-order valence-corrected chi connectivity index (χ4v) is 3.92. The maximum atomic E-state index is 3.03. The zero-order chi connectivity index (χ0) is 10.9. The van der Waals surface area contributed by atoms with Crippen molar-refractivity contribution in [2.75, 3.05) is 6.54 Å². The summed E-state index contributed by atoms with van der Waals surface area (Å²) in [6.45, 7) is 10.5. The molecule has 0 bridgehead atoms. The molecular formula is C11H25NP2. The third-order valence-corrected chi connectivity index (χ3v) is 4.57. The van der Waals surface area contributed by atoms with Crippen LogP contribution < -0.4 is 0 Å². The number of hydrogen-bond acceptors (Lipinski definition) is 1. The van der Waals surface area contributed by atoms with Crippen LogP contribution in [-0.2, 0) is 0 Å². The summed E-state index contributed by atoms with van der Waals surface area (Å²) in [5.74, 6) is 1.71. The molecule has 1 aliphatic heterocycles. The van der Waals surface area contributed by atoms with Gasteiger partial charge in [-0.05, 0) is 45.1 Å². The highest BCUT2D eigenvalue weighted by atomic mass is 31.1. The fraction of sp³-hybridized carbons (Fsp3) is 1.00. The predicted molar refractivity (Wildman–Crippen MR) is 71.6 cm³/mol. The average Bonchev–Trinajstić information content (AvgIpc) is 2.01. The molecule has 0 N–H and O–H groups in total. The number of likely N-dealkylation sites (tertiary alicyclic amines) is 1. The van der Waals surface area contributed by atoms with Gasteiger partial charge in [-0.3, -0.25) is 4.90 Å².